The van der Waals surface area contributed by atoms with Gasteiger partial charge in [-0.2, -0.15) is 0 Å². The van der Waals surface area contributed by atoms with Crippen molar-refractivity contribution in [2.24, 2.45) is 0 Å². The molecule has 2 unspecified atom stereocenters. The zero-order valence-electron chi connectivity index (χ0n) is 44.3. The average molecular weight is 921 g/mol. The van der Waals surface area contributed by atoms with Crippen LogP contribution in [-0.2, 0) is 14.3 Å². The maximum absolute atomic E-state index is 12.5. The van der Waals surface area contributed by atoms with Gasteiger partial charge in [0.2, 0.25) is 5.91 Å². The van der Waals surface area contributed by atoms with E-state index >= 15 is 0 Å². The van der Waals surface area contributed by atoms with E-state index in [9.17, 15) is 19.8 Å². The van der Waals surface area contributed by atoms with E-state index in [0.29, 0.717) is 25.9 Å². The Morgan fingerprint density at radius 3 is 0.938 bits per heavy atom. The van der Waals surface area contributed by atoms with Gasteiger partial charge in [0.15, 0.2) is 0 Å². The van der Waals surface area contributed by atoms with Gasteiger partial charge >= 0.3 is 5.97 Å². The fourth-order valence-electron chi connectivity index (χ4n) is 9.58. The summed E-state index contributed by atoms with van der Waals surface area (Å²) in [6.07, 6.45) is 63.8. The third kappa shape index (κ3) is 52.1. The van der Waals surface area contributed by atoms with Crippen LogP contribution in [0.2, 0.25) is 0 Å². The van der Waals surface area contributed by atoms with Crippen molar-refractivity contribution in [2.75, 3.05) is 13.2 Å². The van der Waals surface area contributed by atoms with Gasteiger partial charge in [0.1, 0.15) is 0 Å². The Labute approximate surface area is 406 Å². The number of aliphatic hydroxyl groups is 2. The highest BCUT2D eigenvalue weighted by Crippen LogP contribution is 2.18. The molecule has 65 heavy (non-hydrogen) atoms. The minimum Gasteiger partial charge on any atom is -0.466 e. The number of hydrogen-bond donors (Lipinski definition) is 3. The maximum atomic E-state index is 12.5. The molecule has 6 heteroatoms. The number of hydrogen-bond acceptors (Lipinski definition) is 5. The molecule has 388 valence electrons. The molecule has 2 atom stereocenters. The molecule has 0 fully saturated rings. The summed E-state index contributed by atoms with van der Waals surface area (Å²) in [4.78, 5) is 24.6. The van der Waals surface area contributed by atoms with Crippen molar-refractivity contribution in [3.63, 3.8) is 0 Å². The number of esters is 1. The molecule has 6 nitrogen and oxygen atoms in total. The molecule has 3 N–H and O–H groups in total. The van der Waals surface area contributed by atoms with Crippen LogP contribution in [0.1, 0.15) is 341 Å². The van der Waals surface area contributed by atoms with E-state index in [-0.39, 0.29) is 18.5 Å². The summed E-state index contributed by atoms with van der Waals surface area (Å²) >= 11 is 0. The number of amides is 1. The first kappa shape index (κ1) is 63.9. The van der Waals surface area contributed by atoms with Crippen LogP contribution < -0.4 is 5.32 Å². The van der Waals surface area contributed by atoms with Crippen LogP contribution in [0, 0.1) is 0 Å². The predicted molar refractivity (Wildman–Crippen MR) is 283 cm³/mol. The van der Waals surface area contributed by atoms with Crippen molar-refractivity contribution in [3.05, 3.63) is 0 Å². The van der Waals surface area contributed by atoms with E-state index in [0.717, 1.165) is 57.8 Å². The largest absolute Gasteiger partial charge is 0.466 e. The van der Waals surface area contributed by atoms with Crippen molar-refractivity contribution < 1.29 is 24.5 Å². The highest BCUT2D eigenvalue weighted by molar-refractivity contribution is 5.76. The van der Waals surface area contributed by atoms with Gasteiger partial charge in [-0.1, -0.05) is 303 Å². The summed E-state index contributed by atoms with van der Waals surface area (Å²) in [5, 5.41) is 23.3. The molecule has 1 amide bonds. The zero-order valence-corrected chi connectivity index (χ0v) is 44.3. The molecule has 0 spiro atoms. The lowest BCUT2D eigenvalue weighted by Crippen LogP contribution is -2.45. The predicted octanol–water partition coefficient (Wildman–Crippen LogP) is 18.3. The Bertz CT molecular complexity index is 928. The van der Waals surface area contributed by atoms with E-state index in [1.165, 1.54) is 250 Å². The molecule has 0 aliphatic carbocycles. The van der Waals surface area contributed by atoms with Gasteiger partial charge in [-0.3, -0.25) is 9.59 Å². The highest BCUT2D eigenvalue weighted by Gasteiger charge is 2.20. The van der Waals surface area contributed by atoms with E-state index in [1.807, 2.05) is 0 Å². The zero-order chi connectivity index (χ0) is 47.2. The average Bonchev–Trinajstić information content (AvgIpc) is 3.31. The molecule has 0 bridgehead atoms. The topological polar surface area (TPSA) is 95.9 Å². The summed E-state index contributed by atoms with van der Waals surface area (Å²) in [6, 6.07) is -0.552. The van der Waals surface area contributed by atoms with Crippen LogP contribution in [0.4, 0.5) is 0 Å². The summed E-state index contributed by atoms with van der Waals surface area (Å²) in [5.74, 6) is -0.0500. The maximum Gasteiger partial charge on any atom is 0.305 e. The fraction of sp³-hybridized carbons (Fsp3) is 0.966. The Morgan fingerprint density at radius 1 is 0.369 bits per heavy atom. The number of unbranched alkanes of at least 4 members (excludes halogenated alkanes) is 45. The van der Waals surface area contributed by atoms with E-state index in [4.69, 9.17) is 4.74 Å². The minimum absolute atomic E-state index is 0.00386. The van der Waals surface area contributed by atoms with Crippen LogP contribution >= 0.6 is 0 Å². The van der Waals surface area contributed by atoms with Crippen molar-refractivity contribution in [3.8, 4) is 0 Å². The number of rotatable bonds is 56. The number of aliphatic hydroxyl groups excluding tert-OH is 2. The van der Waals surface area contributed by atoms with Crippen LogP contribution in [-0.4, -0.2) is 47.4 Å². The SMILES string of the molecule is CCCCCCCCCCCCCCCCCCCCCC(O)C(CO)NC(=O)CCCCCCCCCCCCCCOC(=O)CCCCCCCCCCCCCCCCCCC. The van der Waals surface area contributed by atoms with Gasteiger partial charge in [-0.25, -0.2) is 0 Å². The third-order valence-electron chi connectivity index (χ3n) is 14.2. The van der Waals surface area contributed by atoms with Gasteiger partial charge in [-0.05, 0) is 25.7 Å². The van der Waals surface area contributed by atoms with Crippen molar-refractivity contribution in [2.45, 2.75) is 353 Å². The molecular formula is C59H117NO5. The molecule has 0 rings (SSSR count). The number of nitrogens with one attached hydrogen (secondary N) is 1. The normalized spacial score (nSPS) is 12.5. The van der Waals surface area contributed by atoms with Gasteiger partial charge in [-0.15, -0.1) is 0 Å². The Balaban J connectivity index is 3.42. The van der Waals surface area contributed by atoms with Crippen molar-refractivity contribution in [1.82, 2.24) is 5.32 Å². The summed E-state index contributed by atoms with van der Waals surface area (Å²) in [5.41, 5.74) is 0. The van der Waals surface area contributed by atoms with Crippen LogP contribution in [0.5, 0.6) is 0 Å². The Morgan fingerprint density at radius 2 is 0.631 bits per heavy atom. The molecule has 0 aromatic carbocycles. The Hall–Kier alpha value is -1.14. The molecule has 0 aromatic rings. The number of carbonyl (C=O) groups excluding carboxylic acids is 2. The van der Waals surface area contributed by atoms with E-state index < -0.39 is 12.1 Å². The molecule has 0 aromatic heterocycles. The second kappa shape index (κ2) is 55.5. The molecule has 0 heterocycles. The number of ether oxygens (including phenoxy) is 1. The number of carbonyl (C=O) groups is 2. The molecule has 0 saturated heterocycles. The molecule has 0 aliphatic heterocycles. The van der Waals surface area contributed by atoms with Crippen molar-refractivity contribution >= 4 is 11.9 Å². The first-order valence-electron chi connectivity index (χ1n) is 29.8. The molecular weight excluding hydrogens is 803 g/mol. The van der Waals surface area contributed by atoms with Crippen molar-refractivity contribution in [1.29, 1.82) is 0 Å². The molecule has 0 radical (unpaired) electrons. The lowest BCUT2D eigenvalue weighted by Gasteiger charge is -2.22. The Kier molecular flexibility index (Phi) is 54.5. The smallest absolute Gasteiger partial charge is 0.305 e. The standard InChI is InChI=1S/C59H117NO5/c1-3-5-7-9-11-13-15-17-19-21-22-24-25-27-31-35-39-43-47-51-57(62)56(55-61)60-58(63)52-48-44-40-36-32-29-30-34-38-42-46-50-54-65-59(64)53-49-45-41-37-33-28-26-23-20-18-16-14-12-10-8-6-4-2/h56-57,61-62H,3-55H2,1-2H3,(H,60,63). The highest BCUT2D eigenvalue weighted by atomic mass is 16.5. The fourth-order valence-corrected chi connectivity index (χ4v) is 9.58. The monoisotopic (exact) mass is 920 g/mol. The lowest BCUT2D eigenvalue weighted by molar-refractivity contribution is -0.143. The first-order chi connectivity index (χ1) is 32.0. The van der Waals surface area contributed by atoms with Crippen LogP contribution in [0.25, 0.3) is 0 Å². The second-order valence-corrected chi connectivity index (χ2v) is 20.7. The van der Waals surface area contributed by atoms with E-state index in [1.54, 1.807) is 0 Å². The summed E-state index contributed by atoms with van der Waals surface area (Å²) in [7, 11) is 0. The van der Waals surface area contributed by atoms with E-state index in [2.05, 4.69) is 19.2 Å². The van der Waals surface area contributed by atoms with Gasteiger partial charge in [0.25, 0.3) is 0 Å². The van der Waals surface area contributed by atoms with Gasteiger partial charge in [0.05, 0.1) is 25.4 Å². The van der Waals surface area contributed by atoms with Crippen LogP contribution in [0.15, 0.2) is 0 Å². The first-order valence-corrected chi connectivity index (χ1v) is 29.8. The molecule has 0 aliphatic rings. The second-order valence-electron chi connectivity index (χ2n) is 20.7. The molecule has 0 saturated carbocycles. The van der Waals surface area contributed by atoms with Crippen LogP contribution in [0.3, 0.4) is 0 Å². The quantitative estimate of drug-likeness (QED) is 0.0417. The van der Waals surface area contributed by atoms with Gasteiger partial charge < -0.3 is 20.3 Å². The minimum atomic E-state index is -0.674. The lowest BCUT2D eigenvalue weighted by atomic mass is 10.0. The van der Waals surface area contributed by atoms with Gasteiger partial charge in [0, 0.05) is 12.8 Å². The summed E-state index contributed by atoms with van der Waals surface area (Å²) in [6.45, 7) is 4.96. The third-order valence-corrected chi connectivity index (χ3v) is 14.2. The summed E-state index contributed by atoms with van der Waals surface area (Å²) < 4.78 is 5.48.